The summed E-state index contributed by atoms with van der Waals surface area (Å²) in [6.45, 7) is 5.39. The first kappa shape index (κ1) is 15.5. The summed E-state index contributed by atoms with van der Waals surface area (Å²) in [5.41, 5.74) is 2.79. The van der Waals surface area contributed by atoms with Gasteiger partial charge in [0.1, 0.15) is 0 Å². The van der Waals surface area contributed by atoms with E-state index < -0.39 is 0 Å². The highest BCUT2D eigenvalue weighted by Gasteiger charge is 2.41. The van der Waals surface area contributed by atoms with Crippen LogP contribution in [0.5, 0.6) is 0 Å². The van der Waals surface area contributed by atoms with Crippen LogP contribution in [0.15, 0.2) is 24.3 Å². The molecule has 1 N–H and O–H groups in total. The van der Waals surface area contributed by atoms with E-state index in [2.05, 4.69) is 43.4 Å². The Morgan fingerprint density at radius 3 is 2.30 bits per heavy atom. The van der Waals surface area contributed by atoms with Gasteiger partial charge in [-0.3, -0.25) is 0 Å². The molecule has 20 heavy (non-hydrogen) atoms. The molecule has 0 amide bonds. The van der Waals surface area contributed by atoms with Gasteiger partial charge in [-0.05, 0) is 36.9 Å². The number of nitrogens with one attached hydrogen (secondary N) is 1. The van der Waals surface area contributed by atoms with Gasteiger partial charge in [0, 0.05) is 7.11 Å². The molecule has 1 aromatic carbocycles. The molecule has 0 saturated heterocycles. The second kappa shape index (κ2) is 7.24. The second-order valence-electron chi connectivity index (χ2n) is 5.96. The lowest BCUT2D eigenvalue weighted by atomic mass is 9.86. The molecular weight excluding hydrogens is 246 g/mol. The van der Waals surface area contributed by atoms with Crippen LogP contribution in [0.25, 0.3) is 0 Å². The Hall–Kier alpha value is -0.860. The van der Waals surface area contributed by atoms with Gasteiger partial charge in [-0.2, -0.15) is 0 Å². The third kappa shape index (κ3) is 3.24. The first-order chi connectivity index (χ1) is 9.75. The van der Waals surface area contributed by atoms with Crippen molar-refractivity contribution < 1.29 is 4.74 Å². The zero-order valence-electron chi connectivity index (χ0n) is 13.2. The molecule has 1 fully saturated rings. The monoisotopic (exact) mass is 275 g/mol. The molecule has 2 heteroatoms. The highest BCUT2D eigenvalue weighted by molar-refractivity contribution is 5.28. The van der Waals surface area contributed by atoms with Gasteiger partial charge in [0.2, 0.25) is 0 Å². The molecule has 0 radical (unpaired) electrons. The molecule has 0 aliphatic heterocycles. The molecule has 2 rings (SSSR count). The van der Waals surface area contributed by atoms with E-state index in [1.54, 1.807) is 0 Å². The number of methoxy groups -OCH3 is 1. The molecule has 2 nitrogen and oxygen atoms in total. The van der Waals surface area contributed by atoms with Gasteiger partial charge in [-0.15, -0.1) is 0 Å². The fraction of sp³-hybridized carbons (Fsp3) is 0.667. The van der Waals surface area contributed by atoms with Crippen LogP contribution in [0, 0.1) is 0 Å². The molecule has 0 bridgehead atoms. The van der Waals surface area contributed by atoms with Gasteiger partial charge in [-0.1, -0.05) is 57.4 Å². The average Bonchev–Trinajstić information content (AvgIpc) is 2.96. The number of hydrogen-bond acceptors (Lipinski definition) is 2. The van der Waals surface area contributed by atoms with Crippen LogP contribution in [0.3, 0.4) is 0 Å². The van der Waals surface area contributed by atoms with Crippen LogP contribution in [0.2, 0.25) is 0 Å². The molecule has 1 aromatic rings. The summed E-state index contributed by atoms with van der Waals surface area (Å²) in [4.78, 5) is 0. The van der Waals surface area contributed by atoms with E-state index in [4.69, 9.17) is 4.74 Å². The van der Waals surface area contributed by atoms with Crippen LogP contribution in [0.1, 0.15) is 63.1 Å². The lowest BCUT2D eigenvalue weighted by molar-refractivity contribution is -0.0364. The third-order valence-corrected chi connectivity index (χ3v) is 4.64. The van der Waals surface area contributed by atoms with Gasteiger partial charge < -0.3 is 10.1 Å². The smallest absolute Gasteiger partial charge is 0.0872 e. The van der Waals surface area contributed by atoms with Crippen LogP contribution in [-0.2, 0) is 11.2 Å². The Labute approximate surface area is 123 Å². The minimum Gasteiger partial charge on any atom is -0.376 e. The van der Waals surface area contributed by atoms with Crippen molar-refractivity contribution in [3.8, 4) is 0 Å². The quantitative estimate of drug-likeness (QED) is 0.803. The number of benzene rings is 1. The van der Waals surface area contributed by atoms with Crippen LogP contribution in [-0.4, -0.2) is 19.3 Å². The van der Waals surface area contributed by atoms with Gasteiger partial charge in [0.05, 0.1) is 11.6 Å². The Kier molecular flexibility index (Phi) is 5.62. The van der Waals surface area contributed by atoms with Crippen molar-refractivity contribution >= 4 is 0 Å². The van der Waals surface area contributed by atoms with E-state index in [9.17, 15) is 0 Å². The Morgan fingerprint density at radius 1 is 1.15 bits per heavy atom. The maximum Gasteiger partial charge on any atom is 0.0872 e. The maximum atomic E-state index is 5.98. The van der Waals surface area contributed by atoms with E-state index >= 15 is 0 Å². The summed E-state index contributed by atoms with van der Waals surface area (Å²) in [6, 6.07) is 9.45. The molecule has 1 unspecified atom stereocenters. The van der Waals surface area contributed by atoms with Crippen molar-refractivity contribution in [3.63, 3.8) is 0 Å². The lowest BCUT2D eigenvalue weighted by Gasteiger charge is -2.37. The number of ether oxygens (including phenoxy) is 1. The Morgan fingerprint density at radius 2 is 1.80 bits per heavy atom. The van der Waals surface area contributed by atoms with Gasteiger partial charge in [0.25, 0.3) is 0 Å². The summed E-state index contributed by atoms with van der Waals surface area (Å²) >= 11 is 0. The summed E-state index contributed by atoms with van der Waals surface area (Å²) in [5.74, 6) is 0. The Balaban J connectivity index is 2.23. The molecule has 0 heterocycles. The predicted molar refractivity (Wildman–Crippen MR) is 85.1 cm³/mol. The van der Waals surface area contributed by atoms with Crippen LogP contribution < -0.4 is 5.32 Å². The van der Waals surface area contributed by atoms with Crippen molar-refractivity contribution in [3.05, 3.63) is 35.4 Å². The third-order valence-electron chi connectivity index (χ3n) is 4.64. The fourth-order valence-electron chi connectivity index (χ4n) is 3.56. The molecule has 1 saturated carbocycles. The number of aryl methyl sites for hydroxylation is 1. The predicted octanol–water partition coefficient (Wildman–Crippen LogP) is 4.25. The lowest BCUT2D eigenvalue weighted by Crippen LogP contribution is -2.43. The zero-order valence-corrected chi connectivity index (χ0v) is 13.2. The summed E-state index contributed by atoms with van der Waals surface area (Å²) in [5, 5.41) is 3.66. The molecule has 1 atom stereocenters. The molecule has 1 aliphatic carbocycles. The van der Waals surface area contributed by atoms with Crippen molar-refractivity contribution in [1.82, 2.24) is 5.32 Å². The molecule has 112 valence electrons. The van der Waals surface area contributed by atoms with E-state index in [1.165, 1.54) is 36.8 Å². The highest BCUT2D eigenvalue weighted by Crippen LogP contribution is 2.42. The SMILES string of the molecule is CCCc1ccc(C(NCC)C2(OC)CCCC2)cc1. The van der Waals surface area contributed by atoms with Crippen LogP contribution >= 0.6 is 0 Å². The van der Waals surface area contributed by atoms with E-state index in [1.807, 2.05) is 7.11 Å². The first-order valence-electron chi connectivity index (χ1n) is 8.13. The standard InChI is InChI=1S/C18H29NO/c1-4-8-15-9-11-16(12-10-15)17(19-5-2)18(20-3)13-6-7-14-18/h9-12,17,19H,4-8,13-14H2,1-3H3. The average molecular weight is 275 g/mol. The Bertz CT molecular complexity index is 392. The van der Waals surface area contributed by atoms with E-state index in [0.717, 1.165) is 19.4 Å². The van der Waals surface area contributed by atoms with Crippen molar-refractivity contribution in [2.24, 2.45) is 0 Å². The molecule has 0 spiro atoms. The summed E-state index contributed by atoms with van der Waals surface area (Å²) in [7, 11) is 1.88. The number of likely N-dealkylation sites (N-methyl/N-ethyl adjacent to an activating group) is 1. The van der Waals surface area contributed by atoms with Gasteiger partial charge >= 0.3 is 0 Å². The van der Waals surface area contributed by atoms with E-state index in [0.29, 0.717) is 6.04 Å². The second-order valence-corrected chi connectivity index (χ2v) is 5.96. The normalized spacial score (nSPS) is 19.1. The number of rotatable bonds is 7. The highest BCUT2D eigenvalue weighted by atomic mass is 16.5. The number of hydrogen-bond donors (Lipinski definition) is 1. The van der Waals surface area contributed by atoms with Crippen molar-refractivity contribution in [2.45, 2.75) is 64.0 Å². The molecule has 0 aromatic heterocycles. The maximum absolute atomic E-state index is 5.98. The van der Waals surface area contributed by atoms with E-state index in [-0.39, 0.29) is 5.60 Å². The fourth-order valence-corrected chi connectivity index (χ4v) is 3.56. The topological polar surface area (TPSA) is 21.3 Å². The minimum atomic E-state index is -0.0116. The van der Waals surface area contributed by atoms with Gasteiger partial charge in [-0.25, -0.2) is 0 Å². The van der Waals surface area contributed by atoms with Crippen LogP contribution in [0.4, 0.5) is 0 Å². The first-order valence-corrected chi connectivity index (χ1v) is 8.13. The van der Waals surface area contributed by atoms with Gasteiger partial charge in [0.15, 0.2) is 0 Å². The zero-order chi connectivity index (χ0) is 14.4. The summed E-state index contributed by atoms with van der Waals surface area (Å²) in [6.07, 6.45) is 7.27. The minimum absolute atomic E-state index is 0.0116. The largest absolute Gasteiger partial charge is 0.376 e. The van der Waals surface area contributed by atoms with Crippen molar-refractivity contribution in [2.75, 3.05) is 13.7 Å². The van der Waals surface area contributed by atoms with Crippen molar-refractivity contribution in [1.29, 1.82) is 0 Å². The molecular formula is C18H29NO. The molecule has 1 aliphatic rings. The summed E-state index contributed by atoms with van der Waals surface area (Å²) < 4.78 is 5.98.